The van der Waals surface area contributed by atoms with Crippen molar-refractivity contribution in [1.29, 1.82) is 0 Å². The summed E-state index contributed by atoms with van der Waals surface area (Å²) in [4.78, 5) is 6.45. The molecular formula is C21H18Cl2N6OS2. The Morgan fingerprint density at radius 2 is 1.91 bits per heavy atom. The monoisotopic (exact) mass is 504 g/mol. The van der Waals surface area contributed by atoms with Gasteiger partial charge in [-0.1, -0.05) is 35.3 Å². The van der Waals surface area contributed by atoms with Crippen molar-refractivity contribution in [3.63, 3.8) is 0 Å². The van der Waals surface area contributed by atoms with Crippen LogP contribution in [0.1, 0.15) is 0 Å². The summed E-state index contributed by atoms with van der Waals surface area (Å²) in [5.74, 6) is -0.0122. The van der Waals surface area contributed by atoms with Crippen LogP contribution in [0.15, 0.2) is 58.1 Å². The van der Waals surface area contributed by atoms with Crippen LogP contribution in [0, 0.1) is 0 Å². The van der Waals surface area contributed by atoms with E-state index in [9.17, 15) is 5.11 Å². The topological polar surface area (TPSA) is 78.0 Å². The molecule has 0 fully saturated rings. The van der Waals surface area contributed by atoms with Crippen LogP contribution in [0.5, 0.6) is 5.88 Å². The summed E-state index contributed by atoms with van der Waals surface area (Å²) in [6.45, 7) is 0.467. The lowest BCUT2D eigenvalue weighted by Crippen LogP contribution is -2.16. The Kier molecular flexibility index (Phi) is 6.73. The Morgan fingerprint density at radius 3 is 2.62 bits per heavy atom. The number of aromatic nitrogens is 2. The Balaban J connectivity index is 1.56. The second kappa shape index (κ2) is 9.51. The van der Waals surface area contributed by atoms with Gasteiger partial charge >= 0.3 is 0 Å². The van der Waals surface area contributed by atoms with Crippen molar-refractivity contribution >= 4 is 73.6 Å². The van der Waals surface area contributed by atoms with Gasteiger partial charge in [0.1, 0.15) is 0 Å². The molecule has 164 valence electrons. The number of aromatic hydroxyl groups is 1. The van der Waals surface area contributed by atoms with E-state index in [1.165, 1.54) is 11.3 Å². The summed E-state index contributed by atoms with van der Waals surface area (Å²) in [6, 6.07) is 12.8. The molecule has 0 bridgehead atoms. The third-order valence-corrected chi connectivity index (χ3v) is 5.92. The highest BCUT2D eigenvalue weighted by atomic mass is 35.5. The minimum absolute atomic E-state index is 0.0122. The highest BCUT2D eigenvalue weighted by molar-refractivity contribution is 7.80. The fraction of sp³-hybridized carbons (Fsp3) is 0.143. The molecule has 2 N–H and O–H groups in total. The molecule has 0 spiro atoms. The first-order valence-corrected chi connectivity index (χ1v) is 11.5. The first kappa shape index (κ1) is 22.6. The van der Waals surface area contributed by atoms with Crippen molar-refractivity contribution in [3.05, 3.63) is 57.9 Å². The number of nitrogens with zero attached hydrogens (tertiary/aromatic N) is 5. The summed E-state index contributed by atoms with van der Waals surface area (Å²) in [7, 11) is 3.82. The van der Waals surface area contributed by atoms with Crippen LogP contribution in [-0.2, 0) is 6.67 Å². The maximum Gasteiger partial charge on any atom is 0.221 e. The third kappa shape index (κ3) is 4.92. The van der Waals surface area contributed by atoms with Crippen LogP contribution >= 0.6 is 46.8 Å². The fourth-order valence-corrected chi connectivity index (χ4v) is 4.34. The third-order valence-electron chi connectivity index (χ3n) is 4.50. The van der Waals surface area contributed by atoms with E-state index < -0.39 is 0 Å². The van der Waals surface area contributed by atoms with Gasteiger partial charge in [0.25, 0.3) is 0 Å². The van der Waals surface area contributed by atoms with Gasteiger partial charge < -0.3 is 10.4 Å². The van der Waals surface area contributed by atoms with Crippen molar-refractivity contribution in [2.75, 3.05) is 19.4 Å². The van der Waals surface area contributed by atoms with Crippen molar-refractivity contribution in [2.45, 2.75) is 6.67 Å². The second-order valence-corrected chi connectivity index (χ2v) is 9.28. The van der Waals surface area contributed by atoms with Crippen LogP contribution in [0.2, 0.25) is 10.0 Å². The molecular weight excluding hydrogens is 487 g/mol. The number of hydrogen-bond donors (Lipinski definition) is 2. The van der Waals surface area contributed by atoms with Crippen LogP contribution in [0.25, 0.3) is 22.2 Å². The Bertz CT molecular complexity index is 1310. The van der Waals surface area contributed by atoms with E-state index in [1.54, 1.807) is 16.7 Å². The zero-order valence-electron chi connectivity index (χ0n) is 17.1. The molecule has 2 aromatic heterocycles. The number of rotatable bonds is 5. The van der Waals surface area contributed by atoms with E-state index in [-0.39, 0.29) is 11.0 Å². The molecule has 32 heavy (non-hydrogen) atoms. The number of hydrogen-bond acceptors (Lipinski definition) is 6. The number of azo groups is 1. The van der Waals surface area contributed by atoms with E-state index in [2.05, 4.69) is 20.5 Å². The Labute approximate surface area is 203 Å². The SMILES string of the molecule is CN(C)Cn1c(O)c(N=NC(=S)Nc2nc(-c3ccc(Cl)cc3)cs2)c2cc(Cl)ccc21. The molecule has 11 heteroatoms. The van der Waals surface area contributed by atoms with Crippen molar-refractivity contribution < 1.29 is 5.11 Å². The molecule has 4 aromatic rings. The molecule has 0 unspecified atom stereocenters. The first-order chi connectivity index (χ1) is 15.3. The molecule has 0 amide bonds. The lowest BCUT2D eigenvalue weighted by atomic mass is 10.2. The standard InChI is InChI=1S/C21H18Cl2N6OS2/c1-28(2)11-29-17-8-7-14(23)9-15(17)18(19(29)30)26-27-20(31)25-21-24-16(10-32-21)12-3-5-13(22)6-4-12/h3-10,30H,11H2,1-2H3,(H,24,25,31). The van der Waals surface area contributed by atoms with Crippen LogP contribution < -0.4 is 5.32 Å². The van der Waals surface area contributed by atoms with Gasteiger partial charge in [-0.05, 0) is 56.6 Å². The van der Waals surface area contributed by atoms with Crippen LogP contribution in [0.3, 0.4) is 0 Å². The highest BCUT2D eigenvalue weighted by Crippen LogP contribution is 2.40. The van der Waals surface area contributed by atoms with E-state index in [4.69, 9.17) is 35.4 Å². The van der Waals surface area contributed by atoms with Gasteiger partial charge in [0.15, 0.2) is 10.8 Å². The predicted octanol–water partition coefficient (Wildman–Crippen LogP) is 6.78. The molecule has 0 aliphatic carbocycles. The fourth-order valence-electron chi connectivity index (χ4n) is 3.12. The van der Waals surface area contributed by atoms with Crippen LogP contribution in [0.4, 0.5) is 10.8 Å². The molecule has 0 saturated carbocycles. The zero-order valence-corrected chi connectivity index (χ0v) is 20.2. The van der Waals surface area contributed by atoms with Crippen molar-refractivity contribution in [2.24, 2.45) is 10.2 Å². The van der Waals surface area contributed by atoms with Gasteiger partial charge in [0, 0.05) is 26.4 Å². The average molecular weight is 505 g/mol. The highest BCUT2D eigenvalue weighted by Gasteiger charge is 2.18. The summed E-state index contributed by atoms with van der Waals surface area (Å²) < 4.78 is 1.73. The number of fused-ring (bicyclic) bond motifs is 1. The largest absolute Gasteiger partial charge is 0.493 e. The molecule has 0 radical (unpaired) electrons. The van der Waals surface area contributed by atoms with E-state index >= 15 is 0 Å². The average Bonchev–Trinajstić information content (AvgIpc) is 3.30. The van der Waals surface area contributed by atoms with Gasteiger partial charge in [-0.25, -0.2) is 4.98 Å². The number of thiazole rings is 1. The van der Waals surface area contributed by atoms with Gasteiger partial charge in [-0.2, -0.15) is 0 Å². The Hall–Kier alpha value is -2.56. The molecule has 0 aliphatic rings. The first-order valence-electron chi connectivity index (χ1n) is 9.41. The molecule has 0 aliphatic heterocycles. The van der Waals surface area contributed by atoms with Gasteiger partial charge in [0.2, 0.25) is 11.0 Å². The van der Waals surface area contributed by atoms with E-state index in [0.29, 0.717) is 32.9 Å². The number of thiocarbonyl (C=S) groups is 1. The zero-order chi connectivity index (χ0) is 22.8. The number of nitrogens with one attached hydrogen (secondary N) is 1. The predicted molar refractivity (Wildman–Crippen MR) is 136 cm³/mol. The van der Waals surface area contributed by atoms with Crippen LogP contribution in [-0.4, -0.2) is 38.8 Å². The van der Waals surface area contributed by atoms with Gasteiger partial charge in [-0.15, -0.1) is 21.6 Å². The molecule has 0 saturated heterocycles. The quantitative estimate of drug-likeness (QED) is 0.231. The summed E-state index contributed by atoms with van der Waals surface area (Å²) in [5, 5.41) is 26.5. The molecule has 2 heterocycles. The number of halogens is 2. The second-order valence-electron chi connectivity index (χ2n) is 7.16. The summed E-state index contributed by atoms with van der Waals surface area (Å²) in [5.41, 5.74) is 2.84. The van der Waals surface area contributed by atoms with Crippen molar-refractivity contribution in [3.8, 4) is 17.1 Å². The molecule has 7 nitrogen and oxygen atoms in total. The van der Waals surface area contributed by atoms with Gasteiger partial charge in [-0.3, -0.25) is 9.47 Å². The van der Waals surface area contributed by atoms with E-state index in [0.717, 1.165) is 16.8 Å². The van der Waals surface area contributed by atoms with E-state index in [1.807, 2.05) is 54.7 Å². The summed E-state index contributed by atoms with van der Waals surface area (Å²) >= 11 is 18.8. The summed E-state index contributed by atoms with van der Waals surface area (Å²) in [6.07, 6.45) is 0. The smallest absolute Gasteiger partial charge is 0.221 e. The maximum absolute atomic E-state index is 10.8. The number of anilines is 1. The maximum atomic E-state index is 10.8. The molecule has 4 rings (SSSR count). The normalized spacial score (nSPS) is 11.7. The Morgan fingerprint density at radius 1 is 1.19 bits per heavy atom. The molecule has 0 atom stereocenters. The lowest BCUT2D eigenvalue weighted by Gasteiger charge is -2.13. The molecule has 2 aromatic carbocycles. The lowest BCUT2D eigenvalue weighted by molar-refractivity contribution is 0.304. The minimum atomic E-state index is -0.0122. The number of benzene rings is 2. The minimum Gasteiger partial charge on any atom is -0.493 e. The van der Waals surface area contributed by atoms with Gasteiger partial charge in [0.05, 0.1) is 17.9 Å². The van der Waals surface area contributed by atoms with Crippen molar-refractivity contribution in [1.82, 2.24) is 14.5 Å².